The van der Waals surface area contributed by atoms with Crippen LogP contribution in [0.3, 0.4) is 0 Å². The van der Waals surface area contributed by atoms with Crippen LogP contribution in [0.25, 0.3) is 0 Å². The van der Waals surface area contributed by atoms with E-state index in [9.17, 15) is 9.59 Å². The summed E-state index contributed by atoms with van der Waals surface area (Å²) in [6, 6.07) is 6.70. The van der Waals surface area contributed by atoms with Gasteiger partial charge in [-0.05, 0) is 25.1 Å². The van der Waals surface area contributed by atoms with Gasteiger partial charge in [0.2, 0.25) is 5.91 Å². The Balaban J connectivity index is 2.78. The molecular formula is C11H15N3O2. The van der Waals surface area contributed by atoms with Crippen molar-refractivity contribution < 1.29 is 9.59 Å². The highest BCUT2D eigenvalue weighted by Crippen LogP contribution is 2.10. The Bertz CT molecular complexity index is 391. The molecule has 1 aromatic rings. The van der Waals surface area contributed by atoms with Crippen molar-refractivity contribution in [2.24, 2.45) is 5.73 Å². The largest absolute Gasteiger partial charge is 0.352 e. The molecule has 86 valence electrons. The van der Waals surface area contributed by atoms with Crippen molar-refractivity contribution in [2.45, 2.75) is 6.92 Å². The lowest BCUT2D eigenvalue weighted by atomic mass is 10.2. The molecule has 0 spiro atoms. The Morgan fingerprint density at radius 2 is 2.12 bits per heavy atom. The van der Waals surface area contributed by atoms with E-state index in [0.29, 0.717) is 17.8 Å². The Hall–Kier alpha value is -1.88. The van der Waals surface area contributed by atoms with E-state index >= 15 is 0 Å². The molecule has 0 aliphatic heterocycles. The van der Waals surface area contributed by atoms with Crippen molar-refractivity contribution >= 4 is 17.5 Å². The highest BCUT2D eigenvalue weighted by molar-refractivity contribution is 5.97. The Morgan fingerprint density at radius 3 is 2.75 bits per heavy atom. The quantitative estimate of drug-likeness (QED) is 0.685. The van der Waals surface area contributed by atoms with Gasteiger partial charge in [-0.2, -0.15) is 0 Å². The number of hydrogen-bond acceptors (Lipinski definition) is 3. The van der Waals surface area contributed by atoms with Crippen LogP contribution in [-0.4, -0.2) is 24.9 Å². The number of anilines is 1. The van der Waals surface area contributed by atoms with Gasteiger partial charge in [-0.15, -0.1) is 0 Å². The zero-order chi connectivity index (χ0) is 12.0. The van der Waals surface area contributed by atoms with E-state index < -0.39 is 0 Å². The first-order valence-corrected chi connectivity index (χ1v) is 5.05. The standard InChI is InChI=1S/C11H15N3O2/c1-2-13-11(16)8-4-3-5-9(6-8)14-10(15)7-12/h3-6H,2,7,12H2,1H3,(H,13,16)(H,14,15). The van der Waals surface area contributed by atoms with Crippen LogP contribution in [0.15, 0.2) is 24.3 Å². The fourth-order valence-corrected chi connectivity index (χ4v) is 1.21. The van der Waals surface area contributed by atoms with Crippen LogP contribution in [0, 0.1) is 0 Å². The summed E-state index contributed by atoms with van der Waals surface area (Å²) in [6.45, 7) is 2.33. The summed E-state index contributed by atoms with van der Waals surface area (Å²) < 4.78 is 0. The van der Waals surface area contributed by atoms with Crippen LogP contribution in [0.5, 0.6) is 0 Å². The third-order valence-corrected chi connectivity index (χ3v) is 1.93. The van der Waals surface area contributed by atoms with Crippen molar-refractivity contribution in [2.75, 3.05) is 18.4 Å². The molecule has 0 fully saturated rings. The minimum Gasteiger partial charge on any atom is -0.352 e. The molecule has 4 N–H and O–H groups in total. The van der Waals surface area contributed by atoms with E-state index in [1.165, 1.54) is 0 Å². The average Bonchev–Trinajstić information content (AvgIpc) is 2.29. The smallest absolute Gasteiger partial charge is 0.251 e. The molecule has 0 saturated heterocycles. The van der Waals surface area contributed by atoms with Gasteiger partial charge in [0.15, 0.2) is 0 Å². The number of rotatable bonds is 4. The average molecular weight is 221 g/mol. The molecule has 0 aromatic heterocycles. The van der Waals surface area contributed by atoms with Crippen molar-refractivity contribution in [3.05, 3.63) is 29.8 Å². The van der Waals surface area contributed by atoms with E-state index in [-0.39, 0.29) is 18.4 Å². The lowest BCUT2D eigenvalue weighted by molar-refractivity contribution is -0.114. The molecule has 5 nitrogen and oxygen atoms in total. The van der Waals surface area contributed by atoms with E-state index in [1.807, 2.05) is 6.92 Å². The minimum atomic E-state index is -0.284. The van der Waals surface area contributed by atoms with E-state index in [4.69, 9.17) is 5.73 Å². The van der Waals surface area contributed by atoms with Crippen LogP contribution in [0.4, 0.5) is 5.69 Å². The second-order valence-electron chi connectivity index (χ2n) is 3.19. The van der Waals surface area contributed by atoms with Gasteiger partial charge in [0.05, 0.1) is 6.54 Å². The number of amides is 2. The highest BCUT2D eigenvalue weighted by Gasteiger charge is 2.05. The normalized spacial score (nSPS) is 9.62. The van der Waals surface area contributed by atoms with Crippen molar-refractivity contribution in [3.8, 4) is 0 Å². The summed E-state index contributed by atoms with van der Waals surface area (Å²) in [5.74, 6) is -0.445. The maximum Gasteiger partial charge on any atom is 0.251 e. The first-order chi connectivity index (χ1) is 7.67. The number of carbonyl (C=O) groups is 2. The zero-order valence-electron chi connectivity index (χ0n) is 9.12. The molecule has 2 amide bonds. The van der Waals surface area contributed by atoms with E-state index in [1.54, 1.807) is 24.3 Å². The van der Waals surface area contributed by atoms with Crippen LogP contribution < -0.4 is 16.4 Å². The zero-order valence-corrected chi connectivity index (χ0v) is 9.12. The Morgan fingerprint density at radius 1 is 1.38 bits per heavy atom. The molecule has 1 rings (SSSR count). The van der Waals surface area contributed by atoms with Gasteiger partial charge in [0, 0.05) is 17.8 Å². The number of benzene rings is 1. The number of hydrogen-bond donors (Lipinski definition) is 3. The summed E-state index contributed by atoms with van der Waals surface area (Å²) in [6.07, 6.45) is 0. The van der Waals surface area contributed by atoms with Gasteiger partial charge in [0.1, 0.15) is 0 Å². The van der Waals surface area contributed by atoms with Gasteiger partial charge in [0.25, 0.3) is 5.91 Å². The van der Waals surface area contributed by atoms with Crippen LogP contribution in [0.1, 0.15) is 17.3 Å². The molecule has 0 aliphatic rings. The second kappa shape index (κ2) is 5.87. The number of carbonyl (C=O) groups excluding carboxylic acids is 2. The Kier molecular flexibility index (Phi) is 4.47. The molecule has 0 aliphatic carbocycles. The predicted molar refractivity (Wildman–Crippen MR) is 62.1 cm³/mol. The topological polar surface area (TPSA) is 84.2 Å². The highest BCUT2D eigenvalue weighted by atomic mass is 16.2. The van der Waals surface area contributed by atoms with Crippen molar-refractivity contribution in [1.29, 1.82) is 0 Å². The maximum absolute atomic E-state index is 11.5. The third kappa shape index (κ3) is 3.36. The maximum atomic E-state index is 11.5. The predicted octanol–water partition coefficient (Wildman–Crippen LogP) is 0.334. The molecule has 16 heavy (non-hydrogen) atoms. The van der Waals surface area contributed by atoms with Gasteiger partial charge >= 0.3 is 0 Å². The monoisotopic (exact) mass is 221 g/mol. The summed E-state index contributed by atoms with van der Waals surface area (Å²) >= 11 is 0. The van der Waals surface area contributed by atoms with Crippen LogP contribution in [0.2, 0.25) is 0 Å². The van der Waals surface area contributed by atoms with Gasteiger partial charge in [-0.3, -0.25) is 9.59 Å². The van der Waals surface area contributed by atoms with Crippen molar-refractivity contribution in [3.63, 3.8) is 0 Å². The third-order valence-electron chi connectivity index (χ3n) is 1.93. The van der Waals surface area contributed by atoms with Crippen molar-refractivity contribution in [1.82, 2.24) is 5.32 Å². The van der Waals surface area contributed by atoms with Gasteiger partial charge < -0.3 is 16.4 Å². The van der Waals surface area contributed by atoms with E-state index in [0.717, 1.165) is 0 Å². The molecule has 5 heteroatoms. The lowest BCUT2D eigenvalue weighted by Crippen LogP contribution is -2.24. The lowest BCUT2D eigenvalue weighted by Gasteiger charge is -2.06. The van der Waals surface area contributed by atoms with Gasteiger partial charge in [-0.1, -0.05) is 6.07 Å². The number of nitrogens with one attached hydrogen (secondary N) is 2. The molecule has 0 radical (unpaired) electrons. The van der Waals surface area contributed by atoms with Crippen LogP contribution in [-0.2, 0) is 4.79 Å². The first kappa shape index (κ1) is 12.2. The SMILES string of the molecule is CCNC(=O)c1cccc(NC(=O)CN)c1. The molecule has 0 bridgehead atoms. The van der Waals surface area contributed by atoms with Gasteiger partial charge in [-0.25, -0.2) is 0 Å². The minimum absolute atomic E-state index is 0.0780. The summed E-state index contributed by atoms with van der Waals surface area (Å²) in [4.78, 5) is 22.6. The molecular weight excluding hydrogens is 206 g/mol. The molecule has 1 aromatic carbocycles. The fourth-order valence-electron chi connectivity index (χ4n) is 1.21. The summed E-state index contributed by atoms with van der Waals surface area (Å²) in [5.41, 5.74) is 6.25. The molecule has 0 saturated carbocycles. The van der Waals surface area contributed by atoms with Crippen LogP contribution >= 0.6 is 0 Å². The Labute approximate surface area is 94.0 Å². The second-order valence-corrected chi connectivity index (χ2v) is 3.19. The van der Waals surface area contributed by atoms with E-state index in [2.05, 4.69) is 10.6 Å². The molecule has 0 atom stereocenters. The first-order valence-electron chi connectivity index (χ1n) is 5.05. The summed E-state index contributed by atoms with van der Waals surface area (Å²) in [7, 11) is 0. The number of nitrogens with two attached hydrogens (primary N) is 1. The molecule has 0 unspecified atom stereocenters. The molecule has 0 heterocycles. The fraction of sp³-hybridized carbons (Fsp3) is 0.273. The summed E-state index contributed by atoms with van der Waals surface area (Å²) in [5, 5.41) is 5.27.